The minimum absolute atomic E-state index is 0.0588. The van der Waals surface area contributed by atoms with E-state index < -0.39 is 18.1 Å². The molecule has 0 aliphatic carbocycles. The number of alkyl halides is 2. The van der Waals surface area contributed by atoms with Gasteiger partial charge in [0.25, 0.3) is 5.56 Å². The Morgan fingerprint density at radius 3 is 2.85 bits per heavy atom. The Balaban J connectivity index is 2.00. The van der Waals surface area contributed by atoms with Crippen LogP contribution in [0.5, 0.6) is 0 Å². The first kappa shape index (κ1) is 18.1. The third-order valence-electron chi connectivity index (χ3n) is 3.63. The maximum absolute atomic E-state index is 12.9. The highest BCUT2D eigenvalue weighted by molar-refractivity contribution is 7.98. The number of para-hydroxylation sites is 1. The molecular weight excluding hydrogens is 366 g/mol. The Hall–Kier alpha value is -2.75. The highest BCUT2D eigenvalue weighted by Gasteiger charge is 2.17. The standard InChI is InChI=1S/C16H14F2N4O3S/c1-25-13(23)8-22-14(24)10-4-2-3-5-11(10)20-16(22)26-9-12-19-6-7-21(12)15(17)18/h2-7,15H,8-9H2,1H3. The Bertz CT molecular complexity index is 1000. The zero-order chi connectivity index (χ0) is 18.7. The molecule has 7 nitrogen and oxygen atoms in total. The minimum Gasteiger partial charge on any atom is -0.468 e. The summed E-state index contributed by atoms with van der Waals surface area (Å²) < 4.78 is 32.4. The molecule has 0 amide bonds. The van der Waals surface area contributed by atoms with E-state index in [0.29, 0.717) is 10.9 Å². The Kier molecular flexibility index (Phi) is 5.31. The van der Waals surface area contributed by atoms with E-state index in [1.165, 1.54) is 24.1 Å². The molecular formula is C16H14F2N4O3S. The number of methoxy groups -OCH3 is 1. The molecule has 0 unspecified atom stereocenters. The van der Waals surface area contributed by atoms with Crippen LogP contribution in [-0.2, 0) is 21.8 Å². The fourth-order valence-corrected chi connectivity index (χ4v) is 3.30. The maximum atomic E-state index is 12.9. The van der Waals surface area contributed by atoms with Gasteiger partial charge in [-0.1, -0.05) is 23.9 Å². The number of hydrogen-bond donors (Lipinski definition) is 0. The zero-order valence-corrected chi connectivity index (χ0v) is 14.4. The van der Waals surface area contributed by atoms with Crippen LogP contribution >= 0.6 is 11.8 Å². The quantitative estimate of drug-likeness (QED) is 0.371. The van der Waals surface area contributed by atoms with Crippen LogP contribution in [0.2, 0.25) is 0 Å². The molecule has 0 bridgehead atoms. The summed E-state index contributed by atoms with van der Waals surface area (Å²) in [5.41, 5.74) is 0.0546. The van der Waals surface area contributed by atoms with Crippen LogP contribution in [0.4, 0.5) is 8.78 Å². The Morgan fingerprint density at radius 2 is 2.12 bits per heavy atom. The largest absolute Gasteiger partial charge is 0.468 e. The zero-order valence-electron chi connectivity index (χ0n) is 13.6. The summed E-state index contributed by atoms with van der Waals surface area (Å²) in [7, 11) is 1.22. The molecule has 3 aromatic rings. The Labute approximate surface area is 150 Å². The second-order valence-corrected chi connectivity index (χ2v) is 6.14. The van der Waals surface area contributed by atoms with Gasteiger partial charge in [-0.2, -0.15) is 8.78 Å². The van der Waals surface area contributed by atoms with Crippen molar-refractivity contribution in [3.63, 3.8) is 0 Å². The highest BCUT2D eigenvalue weighted by Crippen LogP contribution is 2.23. The van der Waals surface area contributed by atoms with E-state index >= 15 is 0 Å². The summed E-state index contributed by atoms with van der Waals surface area (Å²) >= 11 is 1.05. The van der Waals surface area contributed by atoms with Gasteiger partial charge in [-0.3, -0.25) is 18.7 Å². The molecule has 1 aromatic carbocycles. The lowest BCUT2D eigenvalue weighted by Crippen LogP contribution is -2.27. The van der Waals surface area contributed by atoms with Crippen LogP contribution < -0.4 is 5.56 Å². The summed E-state index contributed by atoms with van der Waals surface area (Å²) in [6.07, 6.45) is 2.45. The lowest BCUT2D eigenvalue weighted by Gasteiger charge is -2.12. The molecule has 0 spiro atoms. The van der Waals surface area contributed by atoms with Crippen molar-refractivity contribution in [2.24, 2.45) is 0 Å². The van der Waals surface area contributed by atoms with Crippen LogP contribution in [0, 0.1) is 0 Å². The van der Waals surface area contributed by atoms with Gasteiger partial charge in [0.2, 0.25) is 0 Å². The number of nitrogens with zero attached hydrogens (tertiary/aromatic N) is 4. The van der Waals surface area contributed by atoms with Crippen LogP contribution in [0.3, 0.4) is 0 Å². The second kappa shape index (κ2) is 7.65. The molecule has 0 fully saturated rings. The number of carbonyl (C=O) groups excluding carboxylic acids is 1. The average molecular weight is 380 g/mol. The van der Waals surface area contributed by atoms with Crippen molar-refractivity contribution < 1.29 is 18.3 Å². The molecule has 0 N–H and O–H groups in total. The normalized spacial score (nSPS) is 11.2. The number of imidazole rings is 1. The number of benzene rings is 1. The van der Waals surface area contributed by atoms with E-state index in [1.807, 2.05) is 0 Å². The number of rotatable bonds is 6. The van der Waals surface area contributed by atoms with Crippen molar-refractivity contribution in [1.29, 1.82) is 0 Å². The van der Waals surface area contributed by atoms with E-state index in [-0.39, 0.29) is 23.3 Å². The van der Waals surface area contributed by atoms with Crippen molar-refractivity contribution in [1.82, 2.24) is 19.1 Å². The van der Waals surface area contributed by atoms with E-state index in [0.717, 1.165) is 16.3 Å². The van der Waals surface area contributed by atoms with Gasteiger partial charge in [0.15, 0.2) is 5.16 Å². The van der Waals surface area contributed by atoms with Crippen molar-refractivity contribution in [2.45, 2.75) is 24.0 Å². The van der Waals surface area contributed by atoms with Crippen molar-refractivity contribution >= 4 is 28.6 Å². The first-order valence-electron chi connectivity index (χ1n) is 7.50. The molecule has 0 saturated carbocycles. The van der Waals surface area contributed by atoms with Gasteiger partial charge in [0, 0.05) is 12.4 Å². The second-order valence-electron chi connectivity index (χ2n) is 5.20. The number of halogens is 2. The van der Waals surface area contributed by atoms with E-state index in [1.54, 1.807) is 24.3 Å². The molecule has 3 rings (SSSR count). The monoisotopic (exact) mass is 380 g/mol. The van der Waals surface area contributed by atoms with Crippen LogP contribution in [0.1, 0.15) is 12.4 Å². The molecule has 10 heteroatoms. The first-order chi connectivity index (χ1) is 12.5. The number of esters is 1. The molecule has 0 atom stereocenters. The van der Waals surface area contributed by atoms with Gasteiger partial charge in [-0.05, 0) is 12.1 Å². The molecule has 136 valence electrons. The molecule has 2 heterocycles. The average Bonchev–Trinajstić information content (AvgIpc) is 3.11. The van der Waals surface area contributed by atoms with E-state index in [2.05, 4.69) is 14.7 Å². The number of ether oxygens (including phenoxy) is 1. The predicted octanol–water partition coefficient (Wildman–Crippen LogP) is 2.45. The van der Waals surface area contributed by atoms with E-state index in [4.69, 9.17) is 0 Å². The smallest absolute Gasteiger partial charge is 0.325 e. The fourth-order valence-electron chi connectivity index (χ4n) is 2.35. The first-order valence-corrected chi connectivity index (χ1v) is 8.49. The summed E-state index contributed by atoms with van der Waals surface area (Å²) in [5, 5.41) is 0.581. The van der Waals surface area contributed by atoms with Crippen molar-refractivity contribution in [3.05, 3.63) is 52.8 Å². The molecule has 0 aliphatic heterocycles. The van der Waals surface area contributed by atoms with Gasteiger partial charge in [-0.25, -0.2) is 9.97 Å². The third-order valence-corrected chi connectivity index (χ3v) is 4.60. The number of thioether (sulfide) groups is 1. The number of fused-ring (bicyclic) bond motifs is 1. The fraction of sp³-hybridized carbons (Fsp3) is 0.250. The van der Waals surface area contributed by atoms with Crippen LogP contribution in [0.15, 0.2) is 46.6 Å². The number of carbonyl (C=O) groups is 1. The predicted molar refractivity (Wildman–Crippen MR) is 91.1 cm³/mol. The van der Waals surface area contributed by atoms with E-state index in [9.17, 15) is 18.4 Å². The van der Waals surface area contributed by atoms with Gasteiger partial charge in [0.05, 0.1) is 23.8 Å². The molecule has 0 aliphatic rings. The minimum atomic E-state index is -2.71. The molecule has 26 heavy (non-hydrogen) atoms. The van der Waals surface area contributed by atoms with Gasteiger partial charge in [-0.15, -0.1) is 0 Å². The summed E-state index contributed by atoms with van der Waals surface area (Å²) in [5.74, 6) is -0.416. The lowest BCUT2D eigenvalue weighted by molar-refractivity contribution is -0.141. The third kappa shape index (κ3) is 3.59. The van der Waals surface area contributed by atoms with Gasteiger partial charge < -0.3 is 4.74 Å². The number of aromatic nitrogens is 4. The number of hydrogen-bond acceptors (Lipinski definition) is 6. The van der Waals surface area contributed by atoms with Crippen molar-refractivity contribution in [3.8, 4) is 0 Å². The summed E-state index contributed by atoms with van der Waals surface area (Å²) in [6, 6.07) is 6.71. The lowest BCUT2D eigenvalue weighted by atomic mass is 10.2. The Morgan fingerprint density at radius 1 is 1.35 bits per heavy atom. The summed E-state index contributed by atoms with van der Waals surface area (Å²) in [4.78, 5) is 32.7. The van der Waals surface area contributed by atoms with Crippen molar-refractivity contribution in [2.75, 3.05) is 7.11 Å². The maximum Gasteiger partial charge on any atom is 0.325 e. The summed E-state index contributed by atoms with van der Waals surface area (Å²) in [6.45, 7) is -3.03. The molecule has 0 saturated heterocycles. The van der Waals surface area contributed by atoms with Crippen LogP contribution in [0.25, 0.3) is 10.9 Å². The SMILES string of the molecule is COC(=O)Cn1c(SCc2nccn2C(F)F)nc2ccccc2c1=O. The van der Waals surface area contributed by atoms with Gasteiger partial charge >= 0.3 is 12.5 Å². The van der Waals surface area contributed by atoms with Crippen LogP contribution in [-0.4, -0.2) is 32.2 Å². The van der Waals surface area contributed by atoms with Gasteiger partial charge in [0.1, 0.15) is 12.4 Å². The topological polar surface area (TPSA) is 79.0 Å². The highest BCUT2D eigenvalue weighted by atomic mass is 32.2. The molecule has 2 aromatic heterocycles. The molecule has 0 radical (unpaired) electrons.